The summed E-state index contributed by atoms with van der Waals surface area (Å²) in [5.41, 5.74) is -0.338. The van der Waals surface area contributed by atoms with Crippen LogP contribution in [0.4, 0.5) is 5.95 Å². The van der Waals surface area contributed by atoms with Crippen LogP contribution in [0.15, 0.2) is 33.5 Å². The van der Waals surface area contributed by atoms with Gasteiger partial charge in [-0.1, -0.05) is 0 Å². The Bertz CT molecular complexity index is 826. The highest BCUT2D eigenvalue weighted by Gasteiger charge is 2.13. The van der Waals surface area contributed by atoms with Crippen LogP contribution in [-0.4, -0.2) is 31.3 Å². The molecule has 1 amide bonds. The summed E-state index contributed by atoms with van der Waals surface area (Å²) in [4.78, 5) is 26.8. The standard InChI is InChI=1S/C12H10N6O3/c1-6-2-4-8(21-6)10-13-12(18-17-10)14-11(20)7-3-5-9(19)16-15-7/h2-5H,1H3,(H,16,19)(H2,13,14,17,18,20). The Balaban J connectivity index is 1.76. The molecule has 3 rings (SSSR count). The van der Waals surface area contributed by atoms with Gasteiger partial charge in [-0.05, 0) is 25.1 Å². The zero-order valence-electron chi connectivity index (χ0n) is 10.9. The van der Waals surface area contributed by atoms with Crippen LogP contribution in [0.3, 0.4) is 0 Å². The molecular weight excluding hydrogens is 276 g/mol. The number of aromatic amines is 2. The Labute approximate surface area is 117 Å². The highest BCUT2D eigenvalue weighted by molar-refractivity contribution is 6.01. The second kappa shape index (κ2) is 5.04. The second-order valence-corrected chi connectivity index (χ2v) is 4.18. The van der Waals surface area contributed by atoms with Gasteiger partial charge in [0.2, 0.25) is 5.95 Å². The molecule has 0 unspecified atom stereocenters. The summed E-state index contributed by atoms with van der Waals surface area (Å²) < 4.78 is 5.39. The molecule has 3 aromatic rings. The number of hydrogen-bond acceptors (Lipinski definition) is 6. The zero-order valence-corrected chi connectivity index (χ0v) is 10.9. The van der Waals surface area contributed by atoms with Crippen LogP contribution >= 0.6 is 0 Å². The molecule has 0 aliphatic heterocycles. The highest BCUT2D eigenvalue weighted by Crippen LogP contribution is 2.18. The molecule has 0 aliphatic carbocycles. The number of nitrogens with one attached hydrogen (secondary N) is 3. The molecule has 21 heavy (non-hydrogen) atoms. The van der Waals surface area contributed by atoms with E-state index >= 15 is 0 Å². The third kappa shape index (κ3) is 2.71. The summed E-state index contributed by atoms with van der Waals surface area (Å²) in [5.74, 6) is 1.20. The largest absolute Gasteiger partial charge is 0.458 e. The van der Waals surface area contributed by atoms with E-state index in [9.17, 15) is 9.59 Å². The van der Waals surface area contributed by atoms with Crippen molar-refractivity contribution >= 4 is 11.9 Å². The average molecular weight is 286 g/mol. The van der Waals surface area contributed by atoms with Gasteiger partial charge < -0.3 is 4.42 Å². The Morgan fingerprint density at radius 1 is 1.19 bits per heavy atom. The molecule has 0 saturated heterocycles. The molecule has 0 spiro atoms. The van der Waals surface area contributed by atoms with Crippen LogP contribution in [-0.2, 0) is 0 Å². The number of furan rings is 1. The fraction of sp³-hybridized carbons (Fsp3) is 0.0833. The van der Waals surface area contributed by atoms with E-state index in [2.05, 4.69) is 30.7 Å². The van der Waals surface area contributed by atoms with Gasteiger partial charge >= 0.3 is 0 Å². The molecule has 3 heterocycles. The summed E-state index contributed by atoms with van der Waals surface area (Å²) in [6, 6.07) is 6.04. The summed E-state index contributed by atoms with van der Waals surface area (Å²) in [6.07, 6.45) is 0. The maximum atomic E-state index is 11.9. The summed E-state index contributed by atoms with van der Waals surface area (Å²) >= 11 is 0. The molecule has 9 nitrogen and oxygen atoms in total. The highest BCUT2D eigenvalue weighted by atomic mass is 16.3. The lowest BCUT2D eigenvalue weighted by molar-refractivity contribution is 0.102. The molecule has 0 fully saturated rings. The van der Waals surface area contributed by atoms with Crippen molar-refractivity contribution in [3.63, 3.8) is 0 Å². The smallest absolute Gasteiger partial charge is 0.278 e. The topological polar surface area (TPSA) is 130 Å². The normalized spacial score (nSPS) is 10.5. The summed E-state index contributed by atoms with van der Waals surface area (Å²) in [5, 5.41) is 14.7. The minimum absolute atomic E-state index is 0.0507. The van der Waals surface area contributed by atoms with E-state index in [4.69, 9.17) is 4.42 Å². The van der Waals surface area contributed by atoms with Crippen molar-refractivity contribution in [3.8, 4) is 11.6 Å². The van der Waals surface area contributed by atoms with Crippen LogP contribution < -0.4 is 10.9 Å². The molecule has 106 valence electrons. The Kier molecular flexibility index (Phi) is 3.07. The lowest BCUT2D eigenvalue weighted by atomic mass is 10.4. The van der Waals surface area contributed by atoms with Gasteiger partial charge in [0.1, 0.15) is 11.5 Å². The first kappa shape index (κ1) is 12.8. The number of anilines is 1. The number of hydrogen-bond donors (Lipinski definition) is 3. The molecule has 0 atom stereocenters. The van der Waals surface area contributed by atoms with Crippen LogP contribution in [0, 0.1) is 6.92 Å². The lowest BCUT2D eigenvalue weighted by Crippen LogP contribution is -2.18. The Hall–Kier alpha value is -3.23. The maximum Gasteiger partial charge on any atom is 0.278 e. The number of nitrogens with zero attached hydrogens (tertiary/aromatic N) is 3. The van der Waals surface area contributed by atoms with Crippen molar-refractivity contribution in [2.45, 2.75) is 6.92 Å². The van der Waals surface area contributed by atoms with Crippen LogP contribution in [0.5, 0.6) is 0 Å². The first-order valence-corrected chi connectivity index (χ1v) is 5.98. The third-order valence-electron chi connectivity index (χ3n) is 2.60. The molecule has 0 aliphatic rings. The molecular formula is C12H10N6O3. The maximum absolute atomic E-state index is 11.9. The quantitative estimate of drug-likeness (QED) is 0.650. The van der Waals surface area contributed by atoms with E-state index in [-0.39, 0.29) is 17.2 Å². The first-order chi connectivity index (χ1) is 10.1. The third-order valence-corrected chi connectivity index (χ3v) is 2.60. The van der Waals surface area contributed by atoms with E-state index < -0.39 is 5.91 Å². The fourth-order valence-electron chi connectivity index (χ4n) is 1.63. The second-order valence-electron chi connectivity index (χ2n) is 4.18. The van der Waals surface area contributed by atoms with Crippen molar-refractivity contribution < 1.29 is 9.21 Å². The van der Waals surface area contributed by atoms with E-state index in [0.717, 1.165) is 5.76 Å². The number of aromatic nitrogens is 5. The molecule has 0 radical (unpaired) electrons. The number of amides is 1. The van der Waals surface area contributed by atoms with Gasteiger partial charge in [-0.3, -0.25) is 20.0 Å². The predicted octanol–water partition coefficient (Wildman–Crippen LogP) is 0.709. The number of H-pyrrole nitrogens is 2. The van der Waals surface area contributed by atoms with Crippen molar-refractivity contribution in [3.05, 3.63) is 46.1 Å². The van der Waals surface area contributed by atoms with Gasteiger partial charge in [-0.25, -0.2) is 5.10 Å². The van der Waals surface area contributed by atoms with Gasteiger partial charge in [-0.2, -0.15) is 10.1 Å². The summed E-state index contributed by atoms with van der Waals surface area (Å²) in [7, 11) is 0. The molecule has 0 aromatic carbocycles. The lowest BCUT2D eigenvalue weighted by Gasteiger charge is -1.98. The molecule has 0 saturated carbocycles. The van der Waals surface area contributed by atoms with Gasteiger partial charge in [0.05, 0.1) is 0 Å². The first-order valence-electron chi connectivity index (χ1n) is 5.98. The van der Waals surface area contributed by atoms with Gasteiger partial charge in [-0.15, -0.1) is 5.10 Å². The summed E-state index contributed by atoms with van der Waals surface area (Å²) in [6.45, 7) is 1.81. The number of rotatable bonds is 3. The monoisotopic (exact) mass is 286 g/mol. The van der Waals surface area contributed by atoms with Gasteiger partial charge in [0, 0.05) is 6.07 Å². The van der Waals surface area contributed by atoms with Crippen LogP contribution in [0.1, 0.15) is 16.2 Å². The zero-order chi connectivity index (χ0) is 14.8. The Morgan fingerprint density at radius 3 is 2.71 bits per heavy atom. The molecule has 3 aromatic heterocycles. The van der Waals surface area contributed by atoms with Crippen molar-refractivity contribution in [2.75, 3.05) is 5.32 Å². The van der Waals surface area contributed by atoms with E-state index in [1.165, 1.54) is 12.1 Å². The molecule has 3 N–H and O–H groups in total. The van der Waals surface area contributed by atoms with Crippen LogP contribution in [0.25, 0.3) is 11.6 Å². The molecule has 0 bridgehead atoms. The van der Waals surface area contributed by atoms with E-state index in [1.807, 2.05) is 6.92 Å². The van der Waals surface area contributed by atoms with Crippen molar-refractivity contribution in [1.82, 2.24) is 25.4 Å². The SMILES string of the molecule is Cc1ccc(-c2nc(NC(=O)c3ccc(=O)[nH]n3)n[nH]2)o1. The minimum atomic E-state index is -0.535. The molecule has 9 heteroatoms. The number of carbonyl (C=O) groups is 1. The van der Waals surface area contributed by atoms with Crippen molar-refractivity contribution in [2.24, 2.45) is 0 Å². The predicted molar refractivity (Wildman–Crippen MR) is 71.6 cm³/mol. The fourth-order valence-corrected chi connectivity index (χ4v) is 1.63. The van der Waals surface area contributed by atoms with E-state index in [0.29, 0.717) is 11.6 Å². The van der Waals surface area contributed by atoms with Gasteiger partial charge in [0.25, 0.3) is 11.5 Å². The van der Waals surface area contributed by atoms with Crippen LogP contribution in [0.2, 0.25) is 0 Å². The number of carbonyl (C=O) groups excluding carboxylic acids is 1. The average Bonchev–Trinajstić information content (AvgIpc) is 3.08. The van der Waals surface area contributed by atoms with Crippen molar-refractivity contribution in [1.29, 1.82) is 0 Å². The van der Waals surface area contributed by atoms with E-state index in [1.54, 1.807) is 12.1 Å². The van der Waals surface area contributed by atoms with Gasteiger partial charge in [0.15, 0.2) is 11.6 Å². The number of aryl methyl sites for hydroxylation is 1. The minimum Gasteiger partial charge on any atom is -0.458 e. The Morgan fingerprint density at radius 2 is 2.05 bits per heavy atom.